The van der Waals surface area contributed by atoms with Crippen molar-refractivity contribution >= 4 is 50.8 Å². The van der Waals surface area contributed by atoms with Gasteiger partial charge in [-0.05, 0) is 44.2 Å². The molecule has 9 N–H and O–H groups in total. The minimum absolute atomic E-state index is 0.0981. The molecule has 0 bridgehead atoms. The highest BCUT2D eigenvalue weighted by Crippen LogP contribution is 2.18. The lowest BCUT2D eigenvalue weighted by Gasteiger charge is -2.35. The number of likely N-dealkylation sites (tertiary alicyclic amines) is 1. The van der Waals surface area contributed by atoms with E-state index in [0.717, 1.165) is 0 Å². The Labute approximate surface area is 254 Å². The second-order valence-corrected chi connectivity index (χ2v) is 12.3. The van der Waals surface area contributed by atoms with E-state index in [1.54, 1.807) is 29.2 Å². The number of guanidine groups is 2. The molecule has 4 rings (SSSR count). The molecule has 0 radical (unpaired) electrons. The van der Waals surface area contributed by atoms with Crippen LogP contribution in [0.15, 0.2) is 33.7 Å². The highest BCUT2D eigenvalue weighted by atomic mass is 32.2. The Morgan fingerprint density at radius 2 is 1.84 bits per heavy atom. The third kappa shape index (κ3) is 8.42. The van der Waals surface area contributed by atoms with E-state index in [1.807, 2.05) is 0 Å². The number of nitrogens with two attached hydrogens (primary N) is 3. The molecule has 18 heteroatoms. The van der Waals surface area contributed by atoms with Gasteiger partial charge in [-0.15, -0.1) is 0 Å². The van der Waals surface area contributed by atoms with E-state index >= 15 is 0 Å². The molecule has 44 heavy (non-hydrogen) atoms. The van der Waals surface area contributed by atoms with E-state index in [9.17, 15) is 22.8 Å². The monoisotopic (exact) mass is 633 g/mol. The van der Waals surface area contributed by atoms with Gasteiger partial charge < -0.3 is 36.7 Å². The van der Waals surface area contributed by atoms with Crippen molar-refractivity contribution < 1.29 is 27.2 Å². The summed E-state index contributed by atoms with van der Waals surface area (Å²) >= 11 is 0. The number of para-hydroxylation sites is 2. The van der Waals surface area contributed by atoms with E-state index in [1.165, 1.54) is 9.21 Å². The van der Waals surface area contributed by atoms with E-state index in [-0.39, 0.29) is 76.5 Å². The van der Waals surface area contributed by atoms with Gasteiger partial charge in [-0.25, -0.2) is 4.98 Å². The largest absolute Gasteiger partial charge is 0.434 e. The van der Waals surface area contributed by atoms with Crippen molar-refractivity contribution in [2.24, 2.45) is 22.2 Å². The van der Waals surface area contributed by atoms with Crippen LogP contribution in [0.4, 0.5) is 0 Å². The molecule has 3 heterocycles. The van der Waals surface area contributed by atoms with E-state index in [2.05, 4.69) is 20.0 Å². The Bertz CT molecular complexity index is 1470. The third-order valence-corrected chi connectivity index (χ3v) is 9.05. The van der Waals surface area contributed by atoms with Crippen LogP contribution in [0, 0.1) is 5.41 Å². The normalized spacial score (nSPS) is 18.9. The SMILES string of the molecule is N=C(N)N1CCN(S(=O)(=O)N[C@H]2CCCCN(CC(=O)N[C@@H](CCCN=C(N)N)C(=O)c3nc4ccccc4o3)C2=O)CC1. The number of aromatic nitrogens is 1. The molecule has 17 nitrogen and oxygen atoms in total. The number of benzene rings is 1. The van der Waals surface area contributed by atoms with Crippen LogP contribution in [0.2, 0.25) is 0 Å². The zero-order valence-electron chi connectivity index (χ0n) is 24.3. The van der Waals surface area contributed by atoms with Crippen molar-refractivity contribution in [3.05, 3.63) is 30.2 Å². The summed E-state index contributed by atoms with van der Waals surface area (Å²) < 4.78 is 35.5. The highest BCUT2D eigenvalue weighted by molar-refractivity contribution is 7.87. The number of amides is 2. The van der Waals surface area contributed by atoms with Crippen molar-refractivity contribution in [1.82, 2.24) is 29.1 Å². The predicted octanol–water partition coefficient (Wildman–Crippen LogP) is -1.72. The summed E-state index contributed by atoms with van der Waals surface area (Å²) in [5, 5.41) is 10.2. The third-order valence-electron chi connectivity index (χ3n) is 7.43. The summed E-state index contributed by atoms with van der Waals surface area (Å²) in [6.07, 6.45) is 1.94. The fourth-order valence-corrected chi connectivity index (χ4v) is 6.48. The zero-order chi connectivity index (χ0) is 31.9. The number of piperazine rings is 1. The van der Waals surface area contributed by atoms with Gasteiger partial charge in [0.1, 0.15) is 11.6 Å². The number of oxazole rings is 1. The second kappa shape index (κ2) is 14.5. The maximum Gasteiger partial charge on any atom is 0.280 e. The molecular formula is C26H39N11O6S. The average molecular weight is 634 g/mol. The lowest BCUT2D eigenvalue weighted by Crippen LogP contribution is -2.58. The first kappa shape index (κ1) is 32.6. The van der Waals surface area contributed by atoms with Crippen molar-refractivity contribution in [1.29, 1.82) is 5.41 Å². The first-order chi connectivity index (χ1) is 20.9. The van der Waals surface area contributed by atoms with Crippen molar-refractivity contribution in [2.75, 3.05) is 45.8 Å². The molecule has 0 saturated carbocycles. The van der Waals surface area contributed by atoms with Gasteiger partial charge >= 0.3 is 0 Å². The molecule has 0 aliphatic carbocycles. The topological polar surface area (TPSA) is 259 Å². The van der Waals surface area contributed by atoms with Crippen LogP contribution in [-0.2, 0) is 19.8 Å². The van der Waals surface area contributed by atoms with E-state index in [0.29, 0.717) is 30.4 Å². The summed E-state index contributed by atoms with van der Waals surface area (Å²) in [6, 6.07) is 4.79. The first-order valence-electron chi connectivity index (χ1n) is 14.3. The maximum absolute atomic E-state index is 13.4. The lowest BCUT2D eigenvalue weighted by atomic mass is 10.1. The number of rotatable bonds is 12. The lowest BCUT2D eigenvalue weighted by molar-refractivity contribution is -0.137. The van der Waals surface area contributed by atoms with Gasteiger partial charge in [-0.3, -0.25) is 24.8 Å². The Morgan fingerprint density at radius 1 is 1.11 bits per heavy atom. The van der Waals surface area contributed by atoms with Gasteiger partial charge in [0.05, 0.1) is 12.6 Å². The molecule has 2 aliphatic rings. The van der Waals surface area contributed by atoms with Crippen LogP contribution in [0.5, 0.6) is 0 Å². The standard InChI is InChI=1S/C26H39N11O6S/c27-25(28)31-10-5-8-18(22(39)23-33-17-6-1-2-9-20(17)43-23)32-21(38)16-36-11-4-3-7-19(24(36)40)34-44(41,42)37-14-12-35(13-15-37)26(29)30/h1-2,6,9,18-19,34H,3-5,7-8,10-16H2,(H3,29,30)(H,32,38)(H4,27,28,31)/t18-,19-/m0/s1. The summed E-state index contributed by atoms with van der Waals surface area (Å²) in [4.78, 5) is 51.0. The minimum atomic E-state index is -4.02. The zero-order valence-corrected chi connectivity index (χ0v) is 25.1. The van der Waals surface area contributed by atoms with E-state index < -0.39 is 39.9 Å². The fraction of sp³-hybridized carbons (Fsp3) is 0.538. The highest BCUT2D eigenvalue weighted by Gasteiger charge is 2.35. The van der Waals surface area contributed by atoms with Gasteiger partial charge in [0.15, 0.2) is 17.5 Å². The number of Topliss-reactive ketones (excluding diaryl/α,β-unsaturated/α-hetero) is 1. The van der Waals surface area contributed by atoms with Gasteiger partial charge in [-0.1, -0.05) is 12.1 Å². The fourth-order valence-electron chi connectivity index (χ4n) is 5.11. The molecule has 0 unspecified atom stereocenters. The van der Waals surface area contributed by atoms with Crippen LogP contribution >= 0.6 is 0 Å². The number of aliphatic imine (C=N–C) groups is 1. The maximum atomic E-state index is 13.4. The number of nitrogens with zero attached hydrogens (tertiary/aromatic N) is 5. The molecule has 2 aromatic rings. The number of hydrogen-bond acceptors (Lipinski definition) is 9. The first-order valence-corrected chi connectivity index (χ1v) is 15.8. The van der Waals surface area contributed by atoms with Crippen LogP contribution in [-0.4, -0.2) is 115 Å². The molecule has 240 valence electrons. The number of hydrogen-bond donors (Lipinski definition) is 6. The van der Waals surface area contributed by atoms with Crippen LogP contribution < -0.4 is 27.2 Å². The smallest absolute Gasteiger partial charge is 0.280 e. The Balaban J connectivity index is 1.41. The summed E-state index contributed by atoms with van der Waals surface area (Å²) in [6.45, 7) is 0.843. The van der Waals surface area contributed by atoms with Gasteiger partial charge in [0, 0.05) is 39.3 Å². The molecule has 1 aromatic carbocycles. The van der Waals surface area contributed by atoms with Crippen molar-refractivity contribution in [3.8, 4) is 0 Å². The molecule has 2 aliphatic heterocycles. The summed E-state index contributed by atoms with van der Waals surface area (Å²) in [7, 11) is -4.02. The summed E-state index contributed by atoms with van der Waals surface area (Å²) in [5.74, 6) is -2.06. The second-order valence-electron chi connectivity index (χ2n) is 10.6. The quantitative estimate of drug-likeness (QED) is 0.0662. The van der Waals surface area contributed by atoms with E-state index in [4.69, 9.17) is 27.0 Å². The molecule has 2 atom stereocenters. The Hall–Kier alpha value is -4.29. The van der Waals surface area contributed by atoms with Crippen LogP contribution in [0.1, 0.15) is 42.8 Å². The number of carbonyl (C=O) groups is 3. The average Bonchev–Trinajstić information content (AvgIpc) is 3.36. The van der Waals surface area contributed by atoms with Gasteiger partial charge in [-0.2, -0.15) is 17.4 Å². The molecule has 1 aromatic heterocycles. The summed E-state index contributed by atoms with van der Waals surface area (Å²) in [5.41, 5.74) is 17.2. The predicted molar refractivity (Wildman–Crippen MR) is 162 cm³/mol. The number of nitrogens with one attached hydrogen (secondary N) is 3. The molecule has 0 spiro atoms. The minimum Gasteiger partial charge on any atom is -0.434 e. The van der Waals surface area contributed by atoms with Crippen LogP contribution in [0.25, 0.3) is 11.1 Å². The number of ketones is 1. The van der Waals surface area contributed by atoms with Gasteiger partial charge in [0.25, 0.3) is 16.1 Å². The van der Waals surface area contributed by atoms with Crippen molar-refractivity contribution in [2.45, 2.75) is 44.2 Å². The van der Waals surface area contributed by atoms with Crippen molar-refractivity contribution in [3.63, 3.8) is 0 Å². The Kier molecular flexibility index (Phi) is 10.7. The Morgan fingerprint density at radius 3 is 2.52 bits per heavy atom. The number of carbonyl (C=O) groups excluding carboxylic acids is 3. The number of fused-ring (bicyclic) bond motifs is 1. The molecule has 2 amide bonds. The van der Waals surface area contributed by atoms with Gasteiger partial charge in [0.2, 0.25) is 17.6 Å². The molecular weight excluding hydrogens is 594 g/mol. The molecule has 2 fully saturated rings. The molecule has 2 saturated heterocycles. The van der Waals surface area contributed by atoms with Crippen LogP contribution in [0.3, 0.4) is 0 Å².